The first kappa shape index (κ1) is 28.3. The van der Waals surface area contributed by atoms with Crippen LogP contribution in [0.2, 0.25) is 0 Å². The number of aliphatic hydroxyl groups is 1. The molecule has 6 nitrogen and oxygen atoms in total. The van der Waals surface area contributed by atoms with Gasteiger partial charge in [-0.05, 0) is 97.5 Å². The van der Waals surface area contributed by atoms with Crippen LogP contribution in [0.4, 0.5) is 10.1 Å². The number of aliphatic hydroxyl groups excluding tert-OH is 1. The van der Waals surface area contributed by atoms with Gasteiger partial charge in [0.2, 0.25) is 0 Å². The molecule has 5 aliphatic rings. The Bertz CT molecular complexity index is 1290. The lowest BCUT2D eigenvalue weighted by atomic mass is 9.51. The number of ketones is 1. The van der Waals surface area contributed by atoms with E-state index in [-0.39, 0.29) is 54.7 Å². The Morgan fingerprint density at radius 3 is 2.68 bits per heavy atom. The van der Waals surface area contributed by atoms with Crippen LogP contribution < -0.4 is 4.90 Å². The number of ether oxygens (including phenoxy) is 1. The Labute approximate surface area is 242 Å². The Balaban J connectivity index is 1.36. The van der Waals surface area contributed by atoms with E-state index in [1.165, 1.54) is 29.7 Å². The molecule has 1 saturated heterocycles. The summed E-state index contributed by atoms with van der Waals surface area (Å²) in [6.07, 6.45) is 7.41. The second-order valence-electron chi connectivity index (χ2n) is 12.8. The van der Waals surface area contributed by atoms with Crippen molar-refractivity contribution in [2.24, 2.45) is 28.3 Å². The highest BCUT2D eigenvalue weighted by Gasteiger charge is 2.59. The van der Waals surface area contributed by atoms with Gasteiger partial charge in [-0.25, -0.2) is 4.39 Å². The minimum Gasteiger partial charge on any atom is -0.384 e. The van der Waals surface area contributed by atoms with E-state index in [9.17, 15) is 9.70 Å². The van der Waals surface area contributed by atoms with E-state index in [1.807, 2.05) is 0 Å². The molecule has 1 aromatic carbocycles. The molecular weight excluding hydrogens is 519 g/mol. The van der Waals surface area contributed by atoms with E-state index in [0.29, 0.717) is 24.8 Å². The number of halogens is 1. The van der Waals surface area contributed by atoms with Gasteiger partial charge in [0.15, 0.2) is 5.78 Å². The van der Waals surface area contributed by atoms with Crippen molar-refractivity contribution in [1.29, 1.82) is 0 Å². The number of Topliss-reactive ketones (excluding diaryl/α,β-unsaturated/α-hetero) is 1. The minimum atomic E-state index is -1.10. The second-order valence-corrected chi connectivity index (χ2v) is 12.8. The first-order valence-corrected chi connectivity index (χ1v) is 15.4. The number of hydrogen-bond acceptors (Lipinski definition) is 6. The number of carbonyl (C=O) groups excluding carboxylic acids is 1. The molecule has 0 radical (unpaired) electrons. The number of hydrogen-bond donors (Lipinski definition) is 1. The van der Waals surface area contributed by atoms with Gasteiger partial charge in [-0.3, -0.25) is 4.79 Å². The van der Waals surface area contributed by atoms with Crippen molar-refractivity contribution in [3.8, 4) is 11.8 Å². The lowest BCUT2D eigenvalue weighted by Crippen LogP contribution is -2.46. The van der Waals surface area contributed by atoms with Gasteiger partial charge >= 0.3 is 0 Å². The average molecular weight is 561 g/mol. The van der Waals surface area contributed by atoms with Crippen LogP contribution in [0, 0.1) is 39.9 Å². The average Bonchev–Trinajstić information content (AvgIpc) is 3.65. The van der Waals surface area contributed by atoms with Crippen molar-refractivity contribution in [3.05, 3.63) is 57.5 Å². The van der Waals surface area contributed by atoms with Crippen LogP contribution in [0.3, 0.4) is 0 Å². The Morgan fingerprint density at radius 2 is 1.95 bits per heavy atom. The second kappa shape index (κ2) is 11.8. The molecule has 4 aliphatic carbocycles. The van der Waals surface area contributed by atoms with Gasteiger partial charge in [0.05, 0.1) is 0 Å². The zero-order chi connectivity index (χ0) is 28.6. The van der Waals surface area contributed by atoms with Crippen LogP contribution in [-0.4, -0.2) is 56.0 Å². The van der Waals surface area contributed by atoms with Crippen LogP contribution in [-0.2, 0) is 9.53 Å². The van der Waals surface area contributed by atoms with Gasteiger partial charge in [0.1, 0.15) is 32.0 Å². The Hall–Kier alpha value is -2.82. The van der Waals surface area contributed by atoms with Crippen LogP contribution in [0.15, 0.2) is 52.2 Å². The Morgan fingerprint density at radius 1 is 1.17 bits per heavy atom. The highest BCUT2D eigenvalue weighted by atomic mass is 19.1. The third-order valence-electron chi connectivity index (χ3n) is 10.8. The number of anilines is 1. The van der Waals surface area contributed by atoms with Gasteiger partial charge in [-0.1, -0.05) is 47.7 Å². The number of alkyl halides is 1. The van der Waals surface area contributed by atoms with E-state index in [1.54, 1.807) is 6.08 Å². The van der Waals surface area contributed by atoms with Gasteiger partial charge in [-0.15, -0.1) is 0 Å². The van der Waals surface area contributed by atoms with Crippen LogP contribution in [0.5, 0.6) is 0 Å². The minimum absolute atomic E-state index is 0.0135. The molecule has 41 heavy (non-hydrogen) atoms. The van der Waals surface area contributed by atoms with Crippen LogP contribution >= 0.6 is 0 Å². The summed E-state index contributed by atoms with van der Waals surface area (Å²) in [6, 6.07) is 8.53. The highest BCUT2D eigenvalue weighted by molar-refractivity contribution is 5.83. The molecule has 0 bridgehead atoms. The molecule has 218 valence electrons. The lowest BCUT2D eigenvalue weighted by Gasteiger charge is -2.53. The lowest BCUT2D eigenvalue weighted by molar-refractivity contribution is -0.131. The summed E-state index contributed by atoms with van der Waals surface area (Å²) in [5, 5.41) is 12.1. The predicted molar refractivity (Wildman–Crippen MR) is 157 cm³/mol. The molecule has 0 amide bonds. The monoisotopic (exact) mass is 560 g/mol. The van der Waals surface area contributed by atoms with E-state index < -0.39 is 12.2 Å². The third-order valence-corrected chi connectivity index (χ3v) is 10.8. The molecule has 0 aromatic heterocycles. The summed E-state index contributed by atoms with van der Waals surface area (Å²) >= 11 is 0. The first-order chi connectivity index (χ1) is 19.9. The fourth-order valence-electron chi connectivity index (χ4n) is 8.96. The number of allylic oxidation sites excluding steroid dienone is 3. The fourth-order valence-corrected chi connectivity index (χ4v) is 8.96. The van der Waals surface area contributed by atoms with Crippen molar-refractivity contribution in [2.45, 2.75) is 76.4 Å². The predicted octanol–water partition coefficient (Wildman–Crippen LogP) is 5.90. The molecule has 2 saturated carbocycles. The molecule has 6 rings (SSSR count). The van der Waals surface area contributed by atoms with Gasteiger partial charge in [-0.2, -0.15) is 4.91 Å². The summed E-state index contributed by atoms with van der Waals surface area (Å²) < 4.78 is 21.5. The summed E-state index contributed by atoms with van der Waals surface area (Å²) in [4.78, 5) is 27.3. The summed E-state index contributed by atoms with van der Waals surface area (Å²) in [7, 11) is 0. The third kappa shape index (κ3) is 5.19. The maximum atomic E-state index is 15.9. The van der Waals surface area contributed by atoms with Gasteiger partial charge in [0, 0.05) is 30.6 Å². The SMILES string of the molecule is C[C@]12C[C@H](c3ccc(N4CCCC4)cc3)C3=C4CCC(N=O)C=C4C(F)C[C@H]3[C@@H]1CC[C@@H]2C(=O)COCC#CCO. The van der Waals surface area contributed by atoms with Crippen molar-refractivity contribution < 1.29 is 19.0 Å². The number of rotatable bonds is 7. The van der Waals surface area contributed by atoms with E-state index in [2.05, 4.69) is 53.1 Å². The quantitative estimate of drug-likeness (QED) is 0.255. The largest absolute Gasteiger partial charge is 0.384 e. The van der Waals surface area contributed by atoms with E-state index in [4.69, 9.17) is 9.84 Å². The van der Waals surface area contributed by atoms with Gasteiger partial charge in [0.25, 0.3) is 0 Å². The molecule has 7 heteroatoms. The smallest absolute Gasteiger partial charge is 0.162 e. The molecule has 3 fully saturated rings. The van der Waals surface area contributed by atoms with Crippen molar-refractivity contribution in [3.63, 3.8) is 0 Å². The number of carbonyl (C=O) groups is 1. The van der Waals surface area contributed by atoms with Crippen molar-refractivity contribution >= 4 is 11.5 Å². The number of nitrogens with zero attached hydrogens (tertiary/aromatic N) is 2. The van der Waals surface area contributed by atoms with Crippen LogP contribution in [0.25, 0.3) is 0 Å². The molecule has 0 spiro atoms. The molecule has 1 aromatic rings. The van der Waals surface area contributed by atoms with Crippen LogP contribution in [0.1, 0.15) is 69.8 Å². The van der Waals surface area contributed by atoms with Gasteiger partial charge < -0.3 is 14.7 Å². The topological polar surface area (TPSA) is 79.2 Å². The molecule has 2 unspecified atom stereocenters. The maximum Gasteiger partial charge on any atom is 0.162 e. The maximum absolute atomic E-state index is 15.9. The van der Waals surface area contributed by atoms with E-state index >= 15 is 4.39 Å². The standard InChI is InChI=1S/C34H41FN2O4/c1-34-20-28(22-6-9-24(10-7-22)37-14-2-3-15-37)33-25-11-8-23(36-40)18-26(25)31(35)19-27(33)29(34)12-13-30(34)32(39)21-41-17-5-4-16-38/h6-7,9-10,18,23,27-31,38H,2-3,8,11-17,19-21H2,1H3/t23?,27-,28+,29-,30+,31?,34-/m0/s1. The molecular formula is C34H41FN2O4. The highest BCUT2D eigenvalue weighted by Crippen LogP contribution is 2.66. The zero-order valence-electron chi connectivity index (χ0n) is 24.0. The molecule has 1 heterocycles. The molecule has 1 aliphatic heterocycles. The molecule has 1 N–H and O–H groups in total. The van der Waals surface area contributed by atoms with E-state index in [0.717, 1.165) is 37.9 Å². The van der Waals surface area contributed by atoms with Crippen molar-refractivity contribution in [1.82, 2.24) is 0 Å². The number of benzene rings is 1. The summed E-state index contributed by atoms with van der Waals surface area (Å²) in [5.74, 6) is 5.65. The summed E-state index contributed by atoms with van der Waals surface area (Å²) in [5.41, 5.74) is 5.39. The number of nitroso groups, excluding NO2 is 1. The van der Waals surface area contributed by atoms with Crippen molar-refractivity contribution in [2.75, 3.05) is 37.8 Å². The number of fused-ring (bicyclic) bond motifs is 4. The Kier molecular flexibility index (Phi) is 8.16. The normalized spacial score (nSPS) is 34.2. The molecule has 7 atom stereocenters. The fraction of sp³-hybridized carbons (Fsp3) is 0.618. The first-order valence-electron chi connectivity index (χ1n) is 15.4. The zero-order valence-corrected chi connectivity index (χ0v) is 24.0. The summed E-state index contributed by atoms with van der Waals surface area (Å²) in [6.45, 7) is 4.36.